The minimum Gasteiger partial charge on any atom is -0.495 e. The van der Waals surface area contributed by atoms with Crippen molar-refractivity contribution in [1.29, 1.82) is 0 Å². The molecule has 0 spiro atoms. The predicted octanol–water partition coefficient (Wildman–Crippen LogP) is 3.99. The predicted molar refractivity (Wildman–Crippen MR) is 90.1 cm³/mol. The summed E-state index contributed by atoms with van der Waals surface area (Å²) in [4.78, 5) is 15.8. The lowest BCUT2D eigenvalue weighted by Crippen LogP contribution is -2.28. The monoisotopic (exact) mass is 307 g/mol. The number of methoxy groups -OCH3 is 1. The molecular weight excluding hydrogens is 290 g/mol. The van der Waals surface area contributed by atoms with Crippen LogP contribution in [0.3, 0.4) is 0 Å². The lowest BCUT2D eigenvalue weighted by molar-refractivity contribution is 0.0337. The van der Waals surface area contributed by atoms with Gasteiger partial charge < -0.3 is 14.5 Å². The first-order valence-electron chi connectivity index (χ1n) is 7.57. The number of ether oxygens (including phenoxy) is 2. The Kier molecular flexibility index (Phi) is 2.94. The van der Waals surface area contributed by atoms with E-state index in [9.17, 15) is 4.79 Å². The van der Waals surface area contributed by atoms with Crippen molar-refractivity contribution >= 4 is 27.8 Å². The third kappa shape index (κ3) is 1.95. The number of para-hydroxylation sites is 1. The summed E-state index contributed by atoms with van der Waals surface area (Å²) in [5, 5.41) is 2.13. The average molecular weight is 307 g/mol. The van der Waals surface area contributed by atoms with E-state index in [2.05, 4.69) is 17.6 Å². The third-order valence-corrected chi connectivity index (χ3v) is 4.48. The van der Waals surface area contributed by atoms with Gasteiger partial charge in [0.25, 0.3) is 0 Å². The van der Waals surface area contributed by atoms with Crippen LogP contribution in [0, 0.1) is 0 Å². The van der Waals surface area contributed by atoms with Gasteiger partial charge in [0.2, 0.25) is 0 Å². The van der Waals surface area contributed by atoms with Crippen LogP contribution in [0.4, 0.5) is 0 Å². The van der Waals surface area contributed by atoms with Crippen LogP contribution in [0.15, 0.2) is 42.5 Å². The molecule has 0 saturated carbocycles. The van der Waals surface area contributed by atoms with Gasteiger partial charge in [-0.1, -0.05) is 24.8 Å². The number of carbonyl (C=O) groups is 1. The van der Waals surface area contributed by atoms with Crippen molar-refractivity contribution in [3.8, 4) is 5.75 Å². The van der Waals surface area contributed by atoms with E-state index in [-0.39, 0.29) is 12.1 Å². The van der Waals surface area contributed by atoms with Crippen molar-refractivity contribution in [3.63, 3.8) is 0 Å². The van der Waals surface area contributed by atoms with E-state index in [1.165, 1.54) is 0 Å². The summed E-state index contributed by atoms with van der Waals surface area (Å²) in [5.41, 5.74) is 4.38. The van der Waals surface area contributed by atoms with Crippen LogP contribution in [0.2, 0.25) is 0 Å². The minimum atomic E-state index is -0.315. The molecule has 4 heteroatoms. The molecule has 23 heavy (non-hydrogen) atoms. The lowest BCUT2D eigenvalue weighted by atomic mass is 9.91. The number of fused-ring (bicyclic) bond motifs is 5. The zero-order valence-corrected chi connectivity index (χ0v) is 13.1. The quantitative estimate of drug-likeness (QED) is 0.575. The Morgan fingerprint density at radius 2 is 2.17 bits per heavy atom. The normalized spacial score (nSPS) is 17.1. The zero-order chi connectivity index (χ0) is 16.1. The standard InChI is InChI=1S/C19H17NO3/c1-10(2)15-8-12-13(19(21)23-15)9-16(22-3)18-17(12)11-6-4-5-7-14(11)20-18/h4-7,9,15,20H,1,8H2,2-3H3/t15-/m1/s1. The fraction of sp³-hybridized carbons (Fsp3) is 0.211. The highest BCUT2D eigenvalue weighted by molar-refractivity contribution is 6.14. The van der Waals surface area contributed by atoms with E-state index in [1.807, 2.05) is 25.1 Å². The fourth-order valence-corrected chi connectivity index (χ4v) is 3.31. The Bertz CT molecular complexity index is 968. The van der Waals surface area contributed by atoms with Crippen molar-refractivity contribution in [2.24, 2.45) is 0 Å². The highest BCUT2D eigenvalue weighted by Gasteiger charge is 2.30. The van der Waals surface area contributed by atoms with Crippen LogP contribution < -0.4 is 4.74 Å². The Hall–Kier alpha value is -2.75. The Balaban J connectivity index is 2.12. The molecule has 4 rings (SSSR count). The highest BCUT2D eigenvalue weighted by Crippen LogP contribution is 2.39. The second kappa shape index (κ2) is 4.88. The molecule has 0 fully saturated rings. The largest absolute Gasteiger partial charge is 0.495 e. The molecule has 0 amide bonds. The first-order chi connectivity index (χ1) is 11.1. The molecule has 1 aromatic heterocycles. The van der Waals surface area contributed by atoms with Gasteiger partial charge in [0.1, 0.15) is 11.9 Å². The number of hydrogen-bond donors (Lipinski definition) is 1. The minimum absolute atomic E-state index is 0.278. The van der Waals surface area contributed by atoms with Gasteiger partial charge in [-0.2, -0.15) is 0 Å². The molecule has 0 bridgehead atoms. The van der Waals surface area contributed by atoms with Crippen LogP contribution in [0.25, 0.3) is 21.8 Å². The molecule has 4 nitrogen and oxygen atoms in total. The highest BCUT2D eigenvalue weighted by atomic mass is 16.5. The number of rotatable bonds is 2. The molecule has 1 aliphatic heterocycles. The number of aromatic nitrogens is 1. The van der Waals surface area contributed by atoms with Crippen LogP contribution in [0.1, 0.15) is 22.8 Å². The van der Waals surface area contributed by atoms with Gasteiger partial charge in [-0.05, 0) is 30.2 Å². The lowest BCUT2D eigenvalue weighted by Gasteiger charge is -2.26. The van der Waals surface area contributed by atoms with E-state index in [1.54, 1.807) is 13.2 Å². The molecule has 0 aliphatic carbocycles. The van der Waals surface area contributed by atoms with Crippen molar-refractivity contribution in [2.75, 3.05) is 7.11 Å². The molecule has 0 radical (unpaired) electrons. The Morgan fingerprint density at radius 3 is 2.91 bits per heavy atom. The number of aromatic amines is 1. The second-order valence-corrected chi connectivity index (χ2v) is 5.97. The first-order valence-corrected chi connectivity index (χ1v) is 7.57. The van der Waals surface area contributed by atoms with E-state index in [0.717, 1.165) is 32.9 Å². The summed E-state index contributed by atoms with van der Waals surface area (Å²) in [7, 11) is 1.61. The average Bonchev–Trinajstić information content (AvgIpc) is 2.93. The summed E-state index contributed by atoms with van der Waals surface area (Å²) < 4.78 is 11.0. The van der Waals surface area contributed by atoms with E-state index < -0.39 is 0 Å². The molecule has 0 saturated heterocycles. The van der Waals surface area contributed by atoms with E-state index in [0.29, 0.717) is 17.7 Å². The zero-order valence-electron chi connectivity index (χ0n) is 13.1. The summed E-state index contributed by atoms with van der Waals surface area (Å²) in [6.07, 6.45) is 0.360. The van der Waals surface area contributed by atoms with Crippen molar-refractivity contribution < 1.29 is 14.3 Å². The number of benzene rings is 2. The molecular formula is C19H17NO3. The Labute approximate surface area is 133 Å². The van der Waals surface area contributed by atoms with Crippen molar-refractivity contribution in [3.05, 3.63) is 53.6 Å². The van der Waals surface area contributed by atoms with E-state index in [4.69, 9.17) is 9.47 Å². The van der Waals surface area contributed by atoms with Gasteiger partial charge in [0.05, 0.1) is 18.2 Å². The van der Waals surface area contributed by atoms with Crippen LogP contribution in [-0.4, -0.2) is 24.2 Å². The molecule has 1 atom stereocenters. The maximum Gasteiger partial charge on any atom is 0.339 e. The number of cyclic esters (lactones) is 1. The molecule has 1 aliphatic rings. The summed E-state index contributed by atoms with van der Waals surface area (Å²) in [6.45, 7) is 5.83. The van der Waals surface area contributed by atoms with Gasteiger partial charge in [0.15, 0.2) is 0 Å². The molecule has 0 unspecified atom stereocenters. The molecule has 3 aromatic rings. The summed E-state index contributed by atoms with van der Waals surface area (Å²) in [6, 6.07) is 9.84. The molecule has 2 aromatic carbocycles. The van der Waals surface area contributed by atoms with E-state index >= 15 is 0 Å². The SMILES string of the molecule is C=C(C)[C@H]1Cc2c(cc(OC)c3[nH]c4ccccc4c23)C(=O)O1. The number of H-pyrrole nitrogens is 1. The molecule has 116 valence electrons. The number of hydrogen-bond acceptors (Lipinski definition) is 3. The van der Waals surface area contributed by atoms with Gasteiger partial charge in [0, 0.05) is 22.7 Å². The number of carbonyl (C=O) groups excluding carboxylic acids is 1. The van der Waals surface area contributed by atoms with Gasteiger partial charge >= 0.3 is 5.97 Å². The van der Waals surface area contributed by atoms with Gasteiger partial charge in [-0.25, -0.2) is 4.79 Å². The summed E-state index contributed by atoms with van der Waals surface area (Å²) in [5.74, 6) is 0.338. The second-order valence-electron chi connectivity index (χ2n) is 5.97. The van der Waals surface area contributed by atoms with Gasteiger partial charge in [-0.3, -0.25) is 0 Å². The number of esters is 1. The Morgan fingerprint density at radius 1 is 1.39 bits per heavy atom. The smallest absolute Gasteiger partial charge is 0.339 e. The topological polar surface area (TPSA) is 51.3 Å². The van der Waals surface area contributed by atoms with Crippen molar-refractivity contribution in [2.45, 2.75) is 19.4 Å². The van der Waals surface area contributed by atoms with Gasteiger partial charge in [-0.15, -0.1) is 0 Å². The summed E-state index contributed by atoms with van der Waals surface area (Å²) >= 11 is 0. The van der Waals surface area contributed by atoms with Crippen molar-refractivity contribution in [1.82, 2.24) is 4.98 Å². The fourth-order valence-electron chi connectivity index (χ4n) is 3.31. The molecule has 1 N–H and O–H groups in total. The third-order valence-electron chi connectivity index (χ3n) is 4.48. The molecule has 2 heterocycles. The maximum absolute atomic E-state index is 12.4. The first kappa shape index (κ1) is 13.9. The maximum atomic E-state index is 12.4. The van der Waals surface area contributed by atoms with Crippen LogP contribution >= 0.6 is 0 Å². The number of nitrogens with one attached hydrogen (secondary N) is 1. The van der Waals surface area contributed by atoms with Crippen LogP contribution in [0.5, 0.6) is 5.75 Å². The van der Waals surface area contributed by atoms with Crippen LogP contribution in [-0.2, 0) is 11.2 Å².